The molecule has 1 aromatic carbocycles. The van der Waals surface area contributed by atoms with Crippen LogP contribution in [0.4, 0.5) is 23.7 Å². The zero-order valence-corrected chi connectivity index (χ0v) is 15.6. The van der Waals surface area contributed by atoms with Gasteiger partial charge in [-0.3, -0.25) is 0 Å². The summed E-state index contributed by atoms with van der Waals surface area (Å²) in [6.45, 7) is 2.21. The van der Waals surface area contributed by atoms with Crippen LogP contribution in [0.25, 0.3) is 0 Å². The lowest BCUT2D eigenvalue weighted by Crippen LogP contribution is -2.20. The molecular formula is C20H19F3N4O2. The van der Waals surface area contributed by atoms with Gasteiger partial charge in [-0.25, -0.2) is 9.48 Å². The number of anilines is 1. The van der Waals surface area contributed by atoms with Crippen LogP contribution in [0.15, 0.2) is 65.8 Å². The number of carbonyl (C=O) groups is 1. The molecule has 6 nitrogen and oxygen atoms in total. The van der Waals surface area contributed by atoms with E-state index >= 15 is 0 Å². The molecule has 152 valence electrons. The number of allylic oxidation sites excluding steroid dienone is 4. The Morgan fingerprint density at radius 1 is 1.31 bits per heavy atom. The summed E-state index contributed by atoms with van der Waals surface area (Å²) < 4.78 is 45.6. The van der Waals surface area contributed by atoms with E-state index in [0.717, 1.165) is 18.6 Å². The highest BCUT2D eigenvalue weighted by Gasteiger charge is 2.30. The lowest BCUT2D eigenvalue weighted by atomic mass is 10.1. The highest BCUT2D eigenvalue weighted by molar-refractivity contribution is 5.90. The van der Waals surface area contributed by atoms with Gasteiger partial charge in [-0.15, -0.1) is 0 Å². The number of ether oxygens (including phenoxy) is 1. The Morgan fingerprint density at radius 3 is 2.76 bits per heavy atom. The standard InChI is InChI=1S/C20H19F3N4O2/c1-2-29-18-12-16(13-24-27(18)17-9-4-3-5-10-17)26-19(28)25-15-8-6-7-14(11-15)20(21,22)23/h4-13,17H,2-3H2,1H3,(H,25,28). The maximum Gasteiger partial charge on any atom is 0.416 e. The molecule has 0 atom stereocenters. The molecule has 1 N–H and O–H groups in total. The van der Waals surface area contributed by atoms with E-state index in [1.807, 2.05) is 31.2 Å². The average molecular weight is 404 g/mol. The third-order valence-electron chi connectivity index (χ3n) is 4.00. The zero-order chi connectivity index (χ0) is 20.9. The summed E-state index contributed by atoms with van der Waals surface area (Å²) in [5.74, 6) is 0.418. The molecule has 0 saturated heterocycles. The summed E-state index contributed by atoms with van der Waals surface area (Å²) in [7, 11) is 0. The number of urea groups is 1. The summed E-state index contributed by atoms with van der Waals surface area (Å²) >= 11 is 0. The Labute approximate surface area is 165 Å². The van der Waals surface area contributed by atoms with Crippen LogP contribution in [-0.4, -0.2) is 22.4 Å². The second-order valence-corrected chi connectivity index (χ2v) is 6.13. The molecule has 1 aliphatic carbocycles. The lowest BCUT2D eigenvalue weighted by molar-refractivity contribution is -0.137. The minimum Gasteiger partial charge on any atom is -0.478 e. The van der Waals surface area contributed by atoms with Crippen LogP contribution in [0, 0.1) is 0 Å². The number of halogens is 3. The number of alkyl halides is 3. The zero-order valence-electron chi connectivity index (χ0n) is 15.6. The quantitative estimate of drug-likeness (QED) is 0.764. The number of rotatable bonds is 4. The molecule has 1 heterocycles. The third kappa shape index (κ3) is 5.34. The summed E-state index contributed by atoms with van der Waals surface area (Å²) in [4.78, 5) is 16.0. The molecule has 3 rings (SSSR count). The fourth-order valence-corrected chi connectivity index (χ4v) is 2.73. The van der Waals surface area contributed by atoms with E-state index < -0.39 is 17.8 Å². The van der Waals surface area contributed by atoms with Crippen molar-refractivity contribution in [3.63, 3.8) is 0 Å². The second-order valence-electron chi connectivity index (χ2n) is 6.13. The molecule has 0 fully saturated rings. The minimum atomic E-state index is -4.50. The van der Waals surface area contributed by atoms with Crippen molar-refractivity contribution in [1.82, 2.24) is 9.78 Å². The fourth-order valence-electron chi connectivity index (χ4n) is 2.73. The van der Waals surface area contributed by atoms with Crippen LogP contribution in [-0.2, 0) is 6.18 Å². The van der Waals surface area contributed by atoms with Crippen molar-refractivity contribution in [1.29, 1.82) is 0 Å². The van der Waals surface area contributed by atoms with E-state index in [1.54, 1.807) is 10.7 Å². The lowest BCUT2D eigenvalue weighted by Gasteiger charge is -2.18. The van der Waals surface area contributed by atoms with Gasteiger partial charge in [0.15, 0.2) is 0 Å². The maximum atomic E-state index is 12.8. The summed E-state index contributed by atoms with van der Waals surface area (Å²) in [5.41, 5.74) is -0.861. The molecule has 1 aliphatic rings. The first kappa shape index (κ1) is 20.4. The number of nitrogens with one attached hydrogen (secondary N) is 1. The predicted octanol–water partition coefficient (Wildman–Crippen LogP) is 4.49. The van der Waals surface area contributed by atoms with Crippen LogP contribution in [0.2, 0.25) is 0 Å². The van der Waals surface area contributed by atoms with E-state index in [2.05, 4.69) is 15.4 Å². The first-order chi connectivity index (χ1) is 13.9. The summed E-state index contributed by atoms with van der Waals surface area (Å²) in [6.07, 6.45) is 5.73. The Bertz CT molecular complexity index is 997. The van der Waals surface area contributed by atoms with E-state index in [0.29, 0.717) is 12.5 Å². The molecule has 2 aromatic rings. The monoisotopic (exact) mass is 404 g/mol. The van der Waals surface area contributed by atoms with Gasteiger partial charge in [0.2, 0.25) is 5.88 Å². The third-order valence-corrected chi connectivity index (χ3v) is 4.00. The highest BCUT2D eigenvalue weighted by Crippen LogP contribution is 2.30. The molecule has 0 unspecified atom stereocenters. The number of amides is 2. The fraction of sp³-hybridized carbons (Fsp3) is 0.250. The molecule has 0 bridgehead atoms. The van der Waals surface area contributed by atoms with E-state index in [-0.39, 0.29) is 17.1 Å². The Hall–Kier alpha value is -3.36. The number of nitrogens with zero attached hydrogens (tertiary/aromatic N) is 3. The summed E-state index contributed by atoms with van der Waals surface area (Å²) in [5, 5.41) is 6.84. The van der Waals surface area contributed by atoms with Gasteiger partial charge in [0.1, 0.15) is 0 Å². The molecule has 0 radical (unpaired) electrons. The van der Waals surface area contributed by atoms with Crippen molar-refractivity contribution in [2.45, 2.75) is 25.6 Å². The normalized spacial score (nSPS) is 14.8. The second kappa shape index (κ2) is 8.76. The van der Waals surface area contributed by atoms with Crippen molar-refractivity contribution in [2.75, 3.05) is 11.9 Å². The average Bonchev–Trinajstić information content (AvgIpc) is 2.69. The Morgan fingerprint density at radius 2 is 2.07 bits per heavy atom. The van der Waals surface area contributed by atoms with Crippen molar-refractivity contribution in [3.8, 4) is 5.88 Å². The van der Waals surface area contributed by atoms with Crippen LogP contribution in [0.1, 0.15) is 24.9 Å². The maximum absolute atomic E-state index is 12.8. The van der Waals surface area contributed by atoms with Gasteiger partial charge >= 0.3 is 12.2 Å². The Kier molecular flexibility index (Phi) is 6.16. The number of aromatic nitrogens is 2. The van der Waals surface area contributed by atoms with Crippen LogP contribution in [0.5, 0.6) is 5.88 Å². The molecule has 1 aromatic heterocycles. The minimum absolute atomic E-state index is 0.00459. The number of hydrogen-bond acceptors (Lipinski definition) is 3. The van der Waals surface area contributed by atoms with Gasteiger partial charge in [0, 0.05) is 11.8 Å². The largest absolute Gasteiger partial charge is 0.478 e. The van der Waals surface area contributed by atoms with Crippen molar-refractivity contribution in [3.05, 3.63) is 71.8 Å². The number of carbonyl (C=O) groups excluding carboxylic acids is 1. The number of benzene rings is 1. The molecular weight excluding hydrogens is 385 g/mol. The molecule has 0 saturated carbocycles. The summed E-state index contributed by atoms with van der Waals surface area (Å²) in [6, 6.07) is 4.96. The van der Waals surface area contributed by atoms with Gasteiger partial charge in [-0.1, -0.05) is 30.4 Å². The number of hydrogen-bond donors (Lipinski definition) is 1. The highest BCUT2D eigenvalue weighted by atomic mass is 19.4. The first-order valence-corrected chi connectivity index (χ1v) is 8.95. The van der Waals surface area contributed by atoms with Gasteiger partial charge < -0.3 is 10.1 Å². The van der Waals surface area contributed by atoms with Crippen LogP contribution in [0.3, 0.4) is 0 Å². The topological polar surface area (TPSA) is 68.5 Å². The van der Waals surface area contributed by atoms with Crippen molar-refractivity contribution < 1.29 is 22.7 Å². The van der Waals surface area contributed by atoms with E-state index in [4.69, 9.17) is 4.74 Å². The van der Waals surface area contributed by atoms with Crippen LogP contribution < -0.4 is 15.4 Å². The molecule has 0 spiro atoms. The molecule has 0 aliphatic heterocycles. The van der Waals surface area contributed by atoms with Gasteiger partial charge in [0.25, 0.3) is 0 Å². The molecule has 29 heavy (non-hydrogen) atoms. The Balaban J connectivity index is 1.83. The van der Waals surface area contributed by atoms with Gasteiger partial charge in [-0.05, 0) is 31.5 Å². The SMILES string of the molecule is CCOc1cc(=NC(=O)Nc2cccc(C(F)(F)F)c2)cnn1C1C=CCC=C1. The first-order valence-electron chi connectivity index (χ1n) is 8.95. The van der Waals surface area contributed by atoms with Crippen LogP contribution >= 0.6 is 0 Å². The molecule has 9 heteroatoms. The predicted molar refractivity (Wildman–Crippen MR) is 101 cm³/mol. The van der Waals surface area contributed by atoms with E-state index in [1.165, 1.54) is 18.3 Å². The van der Waals surface area contributed by atoms with Gasteiger partial charge in [0.05, 0.1) is 29.8 Å². The van der Waals surface area contributed by atoms with E-state index in [9.17, 15) is 18.0 Å². The smallest absolute Gasteiger partial charge is 0.416 e. The molecule has 2 amide bonds. The van der Waals surface area contributed by atoms with Crippen molar-refractivity contribution >= 4 is 11.7 Å². The van der Waals surface area contributed by atoms with Gasteiger partial charge in [-0.2, -0.15) is 23.3 Å². The van der Waals surface area contributed by atoms with Crippen molar-refractivity contribution in [2.24, 2.45) is 4.99 Å².